The molecule has 7 heteroatoms. The number of halogens is 1. The van der Waals surface area contributed by atoms with Crippen molar-refractivity contribution in [3.63, 3.8) is 0 Å². The van der Waals surface area contributed by atoms with Gasteiger partial charge in [0.25, 0.3) is 0 Å². The van der Waals surface area contributed by atoms with Crippen molar-refractivity contribution in [3.8, 4) is 0 Å². The van der Waals surface area contributed by atoms with Gasteiger partial charge >= 0.3 is 0 Å². The number of sulfone groups is 1. The molecule has 140 valence electrons. The Morgan fingerprint density at radius 1 is 1.00 bits per heavy atom. The number of hydrogen-bond acceptors (Lipinski definition) is 4. The van der Waals surface area contributed by atoms with E-state index in [9.17, 15) is 17.6 Å². The molecule has 1 atom stereocenters. The number of amides is 1. The van der Waals surface area contributed by atoms with Gasteiger partial charge < -0.3 is 9.73 Å². The largest absolute Gasteiger partial charge is 0.468 e. The van der Waals surface area contributed by atoms with Gasteiger partial charge in [-0.1, -0.05) is 30.3 Å². The van der Waals surface area contributed by atoms with E-state index in [1.807, 2.05) is 30.3 Å². The topological polar surface area (TPSA) is 76.4 Å². The van der Waals surface area contributed by atoms with Gasteiger partial charge in [-0.25, -0.2) is 12.8 Å². The Labute approximate surface area is 156 Å². The van der Waals surface area contributed by atoms with Gasteiger partial charge in [0.2, 0.25) is 5.91 Å². The van der Waals surface area contributed by atoms with Gasteiger partial charge in [-0.3, -0.25) is 4.79 Å². The first-order valence-corrected chi connectivity index (χ1v) is 9.85. The lowest BCUT2D eigenvalue weighted by molar-refractivity contribution is -0.120. The highest BCUT2D eigenvalue weighted by Crippen LogP contribution is 2.29. The first-order valence-electron chi connectivity index (χ1n) is 8.30. The molecule has 0 aliphatic heterocycles. The molecule has 1 heterocycles. The SMILES string of the molecule is O=C(Cc1ccccc1)NCC(c1ccco1)S(=O)(=O)c1ccc(F)cc1. The minimum Gasteiger partial charge on any atom is -0.468 e. The van der Waals surface area contributed by atoms with Crippen molar-refractivity contribution in [1.82, 2.24) is 5.32 Å². The number of nitrogens with one attached hydrogen (secondary N) is 1. The number of furan rings is 1. The van der Waals surface area contributed by atoms with Crippen LogP contribution in [0.15, 0.2) is 82.3 Å². The molecule has 0 spiro atoms. The van der Waals surface area contributed by atoms with E-state index >= 15 is 0 Å². The van der Waals surface area contributed by atoms with Crippen LogP contribution in [-0.2, 0) is 21.1 Å². The van der Waals surface area contributed by atoms with Crippen LogP contribution in [0.4, 0.5) is 4.39 Å². The zero-order valence-corrected chi connectivity index (χ0v) is 15.2. The van der Waals surface area contributed by atoms with Crippen molar-refractivity contribution in [1.29, 1.82) is 0 Å². The average Bonchev–Trinajstić information content (AvgIpc) is 3.17. The third-order valence-electron chi connectivity index (χ3n) is 4.07. The minimum absolute atomic E-state index is 0.0393. The second kappa shape index (κ2) is 8.18. The Morgan fingerprint density at radius 2 is 1.70 bits per heavy atom. The molecule has 0 saturated carbocycles. The summed E-state index contributed by atoms with van der Waals surface area (Å²) < 4.78 is 44.4. The second-order valence-electron chi connectivity index (χ2n) is 5.97. The maximum absolute atomic E-state index is 13.1. The summed E-state index contributed by atoms with van der Waals surface area (Å²) in [6.07, 6.45) is 1.51. The van der Waals surface area contributed by atoms with Gasteiger partial charge in [-0.15, -0.1) is 0 Å². The zero-order valence-electron chi connectivity index (χ0n) is 14.3. The van der Waals surface area contributed by atoms with Gasteiger partial charge in [0.05, 0.1) is 17.6 Å². The maximum Gasteiger partial charge on any atom is 0.224 e. The van der Waals surface area contributed by atoms with Crippen LogP contribution in [0.25, 0.3) is 0 Å². The molecule has 1 unspecified atom stereocenters. The summed E-state index contributed by atoms with van der Waals surface area (Å²) in [4.78, 5) is 12.2. The van der Waals surface area contributed by atoms with Gasteiger partial charge in [-0.05, 0) is 42.0 Å². The van der Waals surface area contributed by atoms with Crippen LogP contribution in [0.5, 0.6) is 0 Å². The van der Waals surface area contributed by atoms with E-state index in [2.05, 4.69) is 5.32 Å². The van der Waals surface area contributed by atoms with Crippen LogP contribution < -0.4 is 5.32 Å². The maximum atomic E-state index is 13.1. The molecule has 2 aromatic carbocycles. The number of carbonyl (C=O) groups is 1. The Morgan fingerprint density at radius 3 is 2.33 bits per heavy atom. The summed E-state index contributed by atoms with van der Waals surface area (Å²) >= 11 is 0. The summed E-state index contributed by atoms with van der Waals surface area (Å²) in [5, 5.41) is 1.54. The zero-order chi connectivity index (χ0) is 19.3. The van der Waals surface area contributed by atoms with Crippen LogP contribution >= 0.6 is 0 Å². The molecule has 0 saturated heterocycles. The summed E-state index contributed by atoms with van der Waals surface area (Å²) in [6, 6.07) is 16.8. The summed E-state index contributed by atoms with van der Waals surface area (Å²) in [6.45, 7) is -0.154. The van der Waals surface area contributed by atoms with Gasteiger partial charge in [0.15, 0.2) is 9.84 Å². The molecule has 0 aliphatic carbocycles. The van der Waals surface area contributed by atoms with Crippen LogP contribution in [-0.4, -0.2) is 20.9 Å². The number of benzene rings is 2. The third kappa shape index (κ3) is 4.62. The van der Waals surface area contributed by atoms with E-state index in [1.165, 1.54) is 24.5 Å². The molecule has 27 heavy (non-hydrogen) atoms. The Bertz CT molecular complexity index is 984. The van der Waals surface area contributed by atoms with E-state index in [0.29, 0.717) is 0 Å². The molecular formula is C20H18FNO4S. The van der Waals surface area contributed by atoms with Crippen molar-refractivity contribution >= 4 is 15.7 Å². The van der Waals surface area contributed by atoms with E-state index in [4.69, 9.17) is 4.42 Å². The number of hydrogen-bond donors (Lipinski definition) is 1. The van der Waals surface area contributed by atoms with E-state index in [0.717, 1.165) is 17.7 Å². The average molecular weight is 387 g/mol. The van der Waals surface area contributed by atoms with E-state index < -0.39 is 20.9 Å². The molecule has 3 aromatic rings. The van der Waals surface area contributed by atoms with Crippen LogP contribution in [0.2, 0.25) is 0 Å². The number of rotatable bonds is 7. The van der Waals surface area contributed by atoms with Crippen molar-refractivity contribution in [2.45, 2.75) is 16.6 Å². The molecule has 0 radical (unpaired) electrons. The van der Waals surface area contributed by atoms with Crippen molar-refractivity contribution in [2.75, 3.05) is 6.54 Å². The lowest BCUT2D eigenvalue weighted by atomic mass is 10.1. The van der Waals surface area contributed by atoms with Crippen molar-refractivity contribution < 1.29 is 22.0 Å². The van der Waals surface area contributed by atoms with Crippen LogP contribution in [0.3, 0.4) is 0 Å². The molecular weight excluding hydrogens is 369 g/mol. The molecule has 0 fully saturated rings. The Kier molecular flexibility index (Phi) is 5.71. The summed E-state index contributed by atoms with van der Waals surface area (Å²) in [5.41, 5.74) is 0.825. The van der Waals surface area contributed by atoms with Gasteiger partial charge in [0, 0.05) is 6.54 Å². The van der Waals surface area contributed by atoms with Crippen molar-refractivity contribution in [2.24, 2.45) is 0 Å². The molecule has 3 rings (SSSR count). The second-order valence-corrected chi connectivity index (χ2v) is 8.10. The smallest absolute Gasteiger partial charge is 0.224 e. The van der Waals surface area contributed by atoms with Crippen molar-refractivity contribution in [3.05, 3.63) is 90.1 Å². The summed E-state index contributed by atoms with van der Waals surface area (Å²) in [7, 11) is -3.88. The van der Waals surface area contributed by atoms with Gasteiger partial charge in [-0.2, -0.15) is 0 Å². The van der Waals surface area contributed by atoms with Gasteiger partial charge in [0.1, 0.15) is 16.8 Å². The molecule has 5 nitrogen and oxygen atoms in total. The quantitative estimate of drug-likeness (QED) is 0.631. The normalized spacial score (nSPS) is 12.5. The molecule has 0 aliphatic rings. The minimum atomic E-state index is -3.88. The predicted molar refractivity (Wildman–Crippen MR) is 98.2 cm³/mol. The molecule has 1 N–H and O–H groups in total. The van der Waals surface area contributed by atoms with Crippen LogP contribution in [0.1, 0.15) is 16.6 Å². The molecule has 1 amide bonds. The first-order chi connectivity index (χ1) is 13.0. The molecule has 0 bridgehead atoms. The number of carbonyl (C=O) groups excluding carboxylic acids is 1. The predicted octanol–water partition coefficient (Wildman–Crippen LogP) is 3.29. The highest BCUT2D eigenvalue weighted by atomic mass is 32.2. The van der Waals surface area contributed by atoms with Crippen LogP contribution in [0, 0.1) is 5.82 Å². The first kappa shape index (κ1) is 18.8. The fourth-order valence-corrected chi connectivity index (χ4v) is 4.26. The highest BCUT2D eigenvalue weighted by Gasteiger charge is 2.31. The fourth-order valence-electron chi connectivity index (χ4n) is 2.68. The Balaban J connectivity index is 1.78. The highest BCUT2D eigenvalue weighted by molar-refractivity contribution is 7.91. The van der Waals surface area contributed by atoms with E-state index in [-0.39, 0.29) is 29.5 Å². The third-order valence-corrected chi connectivity index (χ3v) is 6.15. The lowest BCUT2D eigenvalue weighted by Gasteiger charge is -2.17. The molecule has 1 aromatic heterocycles. The Hall–Kier alpha value is -2.93. The fraction of sp³-hybridized carbons (Fsp3) is 0.150. The monoisotopic (exact) mass is 387 g/mol. The van der Waals surface area contributed by atoms with E-state index in [1.54, 1.807) is 6.07 Å². The standard InChI is InChI=1S/C20H18FNO4S/c21-16-8-10-17(11-9-16)27(24,25)19(18-7-4-12-26-18)14-22-20(23)13-15-5-2-1-3-6-15/h1-12,19H,13-14H2,(H,22,23). The summed E-state index contributed by atoms with van der Waals surface area (Å²) in [5.74, 6) is -0.619. The lowest BCUT2D eigenvalue weighted by Crippen LogP contribution is -2.32.